The van der Waals surface area contributed by atoms with Gasteiger partial charge in [-0.05, 0) is 32.9 Å². The highest BCUT2D eigenvalue weighted by atomic mass is 32.2. The second-order valence-corrected chi connectivity index (χ2v) is 6.04. The number of nitrogens with zero attached hydrogens (tertiary/aromatic N) is 2. The van der Waals surface area contributed by atoms with Gasteiger partial charge in [0, 0.05) is 13.1 Å². The Morgan fingerprint density at radius 3 is 2.76 bits per heavy atom. The van der Waals surface area contributed by atoms with E-state index in [1.165, 1.54) is 19.0 Å². The van der Waals surface area contributed by atoms with Crippen LogP contribution < -0.4 is 4.72 Å². The maximum atomic E-state index is 11.9. The number of hydrogen-bond donors (Lipinski definition) is 2. The summed E-state index contributed by atoms with van der Waals surface area (Å²) in [4.78, 5) is 2.50. The Balaban J connectivity index is 1.87. The van der Waals surface area contributed by atoms with Gasteiger partial charge in [-0.1, -0.05) is 0 Å². The molecule has 96 valence electrons. The number of H-pyrrole nitrogens is 1. The van der Waals surface area contributed by atoms with Crippen LogP contribution in [0.2, 0.25) is 0 Å². The summed E-state index contributed by atoms with van der Waals surface area (Å²) in [7, 11) is -3.41. The minimum absolute atomic E-state index is 0.235. The molecule has 0 saturated carbocycles. The molecule has 0 atom stereocenters. The second-order valence-electron chi connectivity index (χ2n) is 4.31. The van der Waals surface area contributed by atoms with Crippen molar-refractivity contribution in [3.8, 4) is 0 Å². The highest BCUT2D eigenvalue weighted by Gasteiger charge is 2.18. The van der Waals surface area contributed by atoms with Gasteiger partial charge in [0.25, 0.3) is 0 Å². The third kappa shape index (κ3) is 3.05. The summed E-state index contributed by atoms with van der Waals surface area (Å²) in [5, 5.41) is 6.35. The highest BCUT2D eigenvalue weighted by molar-refractivity contribution is 7.89. The van der Waals surface area contributed by atoms with Crippen molar-refractivity contribution in [1.82, 2.24) is 19.8 Å². The molecule has 1 aliphatic rings. The van der Waals surface area contributed by atoms with E-state index in [4.69, 9.17) is 0 Å². The molecule has 0 amide bonds. The predicted molar refractivity (Wildman–Crippen MR) is 64.2 cm³/mol. The third-order valence-electron chi connectivity index (χ3n) is 2.99. The van der Waals surface area contributed by atoms with E-state index in [2.05, 4.69) is 19.8 Å². The van der Waals surface area contributed by atoms with Gasteiger partial charge < -0.3 is 4.90 Å². The van der Waals surface area contributed by atoms with Crippen LogP contribution in [0.3, 0.4) is 0 Å². The molecule has 2 heterocycles. The Morgan fingerprint density at radius 1 is 1.47 bits per heavy atom. The average Bonchev–Trinajstić information content (AvgIpc) is 2.88. The molecule has 1 saturated heterocycles. The summed E-state index contributed by atoms with van der Waals surface area (Å²) < 4.78 is 26.4. The number of aromatic nitrogens is 2. The van der Waals surface area contributed by atoms with Crippen molar-refractivity contribution in [2.45, 2.75) is 24.7 Å². The largest absolute Gasteiger partial charge is 0.302 e. The van der Waals surface area contributed by atoms with Crippen LogP contribution in [-0.4, -0.2) is 49.7 Å². The van der Waals surface area contributed by atoms with E-state index < -0.39 is 10.0 Å². The normalized spacial score (nSPS) is 17.7. The Hall–Kier alpha value is -0.920. The van der Waals surface area contributed by atoms with Crippen molar-refractivity contribution in [1.29, 1.82) is 0 Å². The standard InChI is InChI=1S/C10H18N4O2S/c1-9-10(8-11-13-9)17(15,16)12-4-7-14-5-2-3-6-14/h8,12H,2-7H2,1H3,(H,11,13). The molecule has 1 aromatic heterocycles. The summed E-state index contributed by atoms with van der Waals surface area (Å²) in [5.74, 6) is 0. The van der Waals surface area contributed by atoms with Crippen LogP contribution >= 0.6 is 0 Å². The fourth-order valence-electron chi connectivity index (χ4n) is 2.03. The number of likely N-dealkylation sites (tertiary alicyclic amines) is 1. The van der Waals surface area contributed by atoms with Crippen LogP contribution in [0.25, 0.3) is 0 Å². The van der Waals surface area contributed by atoms with Gasteiger partial charge in [0.05, 0.1) is 11.9 Å². The molecule has 1 fully saturated rings. The summed E-state index contributed by atoms with van der Waals surface area (Å²) in [5.41, 5.74) is 0.568. The first-order chi connectivity index (χ1) is 8.09. The maximum absolute atomic E-state index is 11.9. The molecule has 0 bridgehead atoms. The van der Waals surface area contributed by atoms with Crippen LogP contribution in [0, 0.1) is 6.92 Å². The topological polar surface area (TPSA) is 78.1 Å². The Morgan fingerprint density at radius 2 is 2.18 bits per heavy atom. The van der Waals surface area contributed by atoms with Gasteiger partial charge >= 0.3 is 0 Å². The lowest BCUT2D eigenvalue weighted by molar-refractivity contribution is 0.344. The number of aromatic amines is 1. The van der Waals surface area contributed by atoms with Crippen molar-refractivity contribution < 1.29 is 8.42 Å². The molecule has 17 heavy (non-hydrogen) atoms. The van der Waals surface area contributed by atoms with E-state index in [9.17, 15) is 8.42 Å². The first-order valence-electron chi connectivity index (χ1n) is 5.81. The quantitative estimate of drug-likeness (QED) is 0.785. The Kier molecular flexibility index (Phi) is 3.80. The van der Waals surface area contributed by atoms with Crippen molar-refractivity contribution in [2.24, 2.45) is 0 Å². The lowest BCUT2D eigenvalue weighted by atomic mass is 10.4. The number of aryl methyl sites for hydroxylation is 1. The molecule has 0 spiro atoms. The molecular formula is C10H18N4O2S. The minimum Gasteiger partial charge on any atom is -0.302 e. The van der Waals surface area contributed by atoms with Crippen molar-refractivity contribution in [2.75, 3.05) is 26.2 Å². The van der Waals surface area contributed by atoms with E-state index in [0.29, 0.717) is 12.2 Å². The molecule has 7 heteroatoms. The number of rotatable bonds is 5. The summed E-state index contributed by atoms with van der Waals surface area (Å²) in [6.07, 6.45) is 3.77. The first kappa shape index (κ1) is 12.5. The number of nitrogens with one attached hydrogen (secondary N) is 2. The fourth-order valence-corrected chi connectivity index (χ4v) is 3.19. The molecule has 1 aromatic rings. The fraction of sp³-hybridized carbons (Fsp3) is 0.700. The Labute approximate surface area is 101 Å². The zero-order valence-electron chi connectivity index (χ0n) is 9.94. The van der Waals surface area contributed by atoms with E-state index in [1.807, 2.05) is 0 Å². The first-order valence-corrected chi connectivity index (χ1v) is 7.30. The van der Waals surface area contributed by atoms with Gasteiger partial charge in [-0.25, -0.2) is 13.1 Å². The number of sulfonamides is 1. The summed E-state index contributed by atoms with van der Waals surface area (Å²) >= 11 is 0. The van der Waals surface area contributed by atoms with Crippen molar-refractivity contribution in [3.05, 3.63) is 11.9 Å². The molecule has 2 rings (SSSR count). The van der Waals surface area contributed by atoms with Crippen molar-refractivity contribution in [3.63, 3.8) is 0 Å². The molecule has 2 N–H and O–H groups in total. The van der Waals surface area contributed by atoms with Crippen LogP contribution in [0.1, 0.15) is 18.5 Å². The molecule has 1 aliphatic heterocycles. The minimum atomic E-state index is -3.41. The van der Waals surface area contributed by atoms with Gasteiger partial charge in [0.2, 0.25) is 10.0 Å². The molecule has 0 aromatic carbocycles. The lowest BCUT2D eigenvalue weighted by Crippen LogP contribution is -2.33. The smallest absolute Gasteiger partial charge is 0.243 e. The zero-order chi connectivity index (χ0) is 12.3. The van der Waals surface area contributed by atoms with E-state index >= 15 is 0 Å². The SMILES string of the molecule is Cc1[nH]ncc1S(=O)(=O)NCCN1CCCC1. The third-order valence-corrected chi connectivity index (χ3v) is 4.57. The molecule has 0 aliphatic carbocycles. The van der Waals surface area contributed by atoms with Gasteiger partial charge in [-0.2, -0.15) is 5.10 Å². The summed E-state index contributed by atoms with van der Waals surface area (Å²) in [6, 6.07) is 0. The average molecular weight is 258 g/mol. The van der Waals surface area contributed by atoms with Gasteiger partial charge in [-0.15, -0.1) is 0 Å². The number of hydrogen-bond acceptors (Lipinski definition) is 4. The molecule has 6 nitrogen and oxygen atoms in total. The van der Waals surface area contributed by atoms with E-state index in [1.54, 1.807) is 6.92 Å². The van der Waals surface area contributed by atoms with Gasteiger partial charge in [-0.3, -0.25) is 5.10 Å². The lowest BCUT2D eigenvalue weighted by Gasteiger charge is -2.14. The highest BCUT2D eigenvalue weighted by Crippen LogP contribution is 2.10. The molecular weight excluding hydrogens is 240 g/mol. The Bertz CT molecular complexity index is 462. The predicted octanol–water partition coefficient (Wildman–Crippen LogP) is 0.0922. The molecule has 0 radical (unpaired) electrons. The van der Waals surface area contributed by atoms with Gasteiger partial charge in [0.1, 0.15) is 4.90 Å². The van der Waals surface area contributed by atoms with Crippen LogP contribution in [0.4, 0.5) is 0 Å². The zero-order valence-corrected chi connectivity index (χ0v) is 10.8. The molecule has 0 unspecified atom stereocenters. The monoisotopic (exact) mass is 258 g/mol. The van der Waals surface area contributed by atoms with Crippen LogP contribution in [-0.2, 0) is 10.0 Å². The van der Waals surface area contributed by atoms with Crippen LogP contribution in [0.15, 0.2) is 11.1 Å². The van der Waals surface area contributed by atoms with E-state index in [0.717, 1.165) is 19.6 Å². The van der Waals surface area contributed by atoms with Gasteiger partial charge in [0.15, 0.2) is 0 Å². The maximum Gasteiger partial charge on any atom is 0.243 e. The summed E-state index contributed by atoms with van der Waals surface area (Å²) in [6.45, 7) is 5.07. The van der Waals surface area contributed by atoms with E-state index in [-0.39, 0.29) is 4.90 Å². The van der Waals surface area contributed by atoms with Crippen molar-refractivity contribution >= 4 is 10.0 Å². The van der Waals surface area contributed by atoms with Crippen LogP contribution in [0.5, 0.6) is 0 Å². The second kappa shape index (κ2) is 5.16.